The van der Waals surface area contributed by atoms with Gasteiger partial charge in [0.1, 0.15) is 5.60 Å². The van der Waals surface area contributed by atoms with Gasteiger partial charge in [-0.15, -0.1) is 0 Å². The number of Topliss-reactive ketones (excluding diaryl/α,β-unsaturated/α-hetero) is 1. The Morgan fingerprint density at radius 2 is 1.95 bits per heavy atom. The van der Waals surface area contributed by atoms with E-state index in [2.05, 4.69) is 6.08 Å². The van der Waals surface area contributed by atoms with Gasteiger partial charge in [-0.05, 0) is 39.3 Å². The number of benzene rings is 1. The molecule has 0 N–H and O–H groups in total. The molecule has 0 radical (unpaired) electrons. The molecular formula is C18H20O3S. The first-order valence-corrected chi connectivity index (χ1v) is 8.37. The molecule has 2 aliphatic carbocycles. The largest absolute Gasteiger partial charge is 0.459 e. The van der Waals surface area contributed by atoms with Gasteiger partial charge in [0.2, 0.25) is 0 Å². The monoisotopic (exact) mass is 316 g/mol. The second-order valence-electron chi connectivity index (χ2n) is 6.82. The van der Waals surface area contributed by atoms with Crippen molar-refractivity contribution >= 4 is 23.5 Å². The Bertz CT molecular complexity index is 642. The third-order valence-electron chi connectivity index (χ3n) is 4.11. The first kappa shape index (κ1) is 15.3. The lowest BCUT2D eigenvalue weighted by Crippen LogP contribution is -2.49. The number of thioether (sulfide) groups is 1. The van der Waals surface area contributed by atoms with Crippen LogP contribution in [0.1, 0.15) is 33.6 Å². The van der Waals surface area contributed by atoms with Crippen LogP contribution in [0.15, 0.2) is 46.2 Å². The Hall–Kier alpha value is -1.55. The van der Waals surface area contributed by atoms with E-state index in [1.807, 2.05) is 51.1 Å². The van der Waals surface area contributed by atoms with Crippen molar-refractivity contribution in [1.82, 2.24) is 0 Å². The third-order valence-corrected chi connectivity index (χ3v) is 5.30. The highest BCUT2D eigenvalue weighted by atomic mass is 32.2. The maximum Gasteiger partial charge on any atom is 0.325 e. The lowest BCUT2D eigenvalue weighted by atomic mass is 9.68. The van der Waals surface area contributed by atoms with Gasteiger partial charge in [0, 0.05) is 22.1 Å². The van der Waals surface area contributed by atoms with Crippen molar-refractivity contribution in [2.24, 2.45) is 11.3 Å². The van der Waals surface area contributed by atoms with E-state index in [4.69, 9.17) is 4.74 Å². The Morgan fingerprint density at radius 1 is 1.27 bits per heavy atom. The number of carbonyl (C=O) groups is 2. The summed E-state index contributed by atoms with van der Waals surface area (Å²) in [6.45, 7) is 5.51. The minimum Gasteiger partial charge on any atom is -0.459 e. The highest BCUT2D eigenvalue weighted by molar-refractivity contribution is 8.03. The van der Waals surface area contributed by atoms with Crippen molar-refractivity contribution < 1.29 is 14.3 Å². The molecule has 4 heteroatoms. The van der Waals surface area contributed by atoms with E-state index in [-0.39, 0.29) is 17.7 Å². The summed E-state index contributed by atoms with van der Waals surface area (Å²) in [6.07, 6.45) is 3.27. The van der Waals surface area contributed by atoms with Gasteiger partial charge in [-0.2, -0.15) is 0 Å². The van der Waals surface area contributed by atoms with Crippen LogP contribution in [0.2, 0.25) is 0 Å². The molecule has 2 atom stereocenters. The van der Waals surface area contributed by atoms with Gasteiger partial charge >= 0.3 is 5.97 Å². The predicted octanol–water partition coefficient (Wildman–Crippen LogP) is 3.98. The summed E-state index contributed by atoms with van der Waals surface area (Å²) >= 11 is 1.50. The fraction of sp³-hybridized carbons (Fsp3) is 0.444. The Morgan fingerprint density at radius 3 is 2.55 bits per heavy atom. The molecule has 1 aromatic carbocycles. The van der Waals surface area contributed by atoms with Gasteiger partial charge in [0.05, 0.1) is 0 Å². The summed E-state index contributed by atoms with van der Waals surface area (Å²) in [4.78, 5) is 27.2. The van der Waals surface area contributed by atoms with Gasteiger partial charge in [-0.25, -0.2) is 0 Å². The van der Waals surface area contributed by atoms with Crippen molar-refractivity contribution in [3.63, 3.8) is 0 Å². The van der Waals surface area contributed by atoms with Crippen LogP contribution < -0.4 is 0 Å². The molecule has 0 amide bonds. The highest BCUT2D eigenvalue weighted by Gasteiger charge is 2.64. The number of hydrogen-bond donors (Lipinski definition) is 0. The molecule has 22 heavy (non-hydrogen) atoms. The van der Waals surface area contributed by atoms with Crippen molar-refractivity contribution in [1.29, 1.82) is 0 Å². The Labute approximate surface area is 135 Å². The SMILES string of the molecule is CC(C)(C)OC(=O)C12C(=O)CCC1C=C2Sc1ccccc1. The third kappa shape index (κ3) is 2.39. The molecular weight excluding hydrogens is 296 g/mol. The predicted molar refractivity (Wildman–Crippen MR) is 86.4 cm³/mol. The second kappa shape index (κ2) is 5.27. The molecule has 0 saturated heterocycles. The highest BCUT2D eigenvalue weighted by Crippen LogP contribution is 2.60. The summed E-state index contributed by atoms with van der Waals surface area (Å²) in [5, 5.41) is 0. The van der Waals surface area contributed by atoms with Crippen molar-refractivity contribution in [3.05, 3.63) is 41.3 Å². The lowest BCUT2D eigenvalue weighted by Gasteiger charge is -2.41. The molecule has 3 nitrogen and oxygen atoms in total. The van der Waals surface area contributed by atoms with Crippen LogP contribution in [0.5, 0.6) is 0 Å². The molecule has 1 saturated carbocycles. The van der Waals surface area contributed by atoms with Crippen LogP contribution in [0.4, 0.5) is 0 Å². The number of hydrogen-bond acceptors (Lipinski definition) is 4. The van der Waals surface area contributed by atoms with Gasteiger partial charge in [-0.1, -0.05) is 36.0 Å². The van der Waals surface area contributed by atoms with E-state index in [9.17, 15) is 9.59 Å². The molecule has 1 aromatic rings. The first-order valence-electron chi connectivity index (χ1n) is 7.56. The van der Waals surface area contributed by atoms with Crippen molar-refractivity contribution in [2.75, 3.05) is 0 Å². The fourth-order valence-electron chi connectivity index (χ4n) is 3.11. The minimum absolute atomic E-state index is 0.000984. The van der Waals surface area contributed by atoms with E-state index in [0.717, 1.165) is 16.2 Å². The second-order valence-corrected chi connectivity index (χ2v) is 7.94. The van der Waals surface area contributed by atoms with Gasteiger partial charge in [0.15, 0.2) is 11.2 Å². The summed E-state index contributed by atoms with van der Waals surface area (Å²) in [5.74, 6) is -0.373. The molecule has 0 aromatic heterocycles. The quantitative estimate of drug-likeness (QED) is 0.625. The molecule has 0 aliphatic heterocycles. The van der Waals surface area contributed by atoms with Gasteiger partial charge in [-0.3, -0.25) is 9.59 Å². The maximum atomic E-state index is 12.8. The normalized spacial score (nSPS) is 27.0. The molecule has 3 rings (SSSR count). The number of ketones is 1. The minimum atomic E-state index is -1.05. The number of ether oxygens (including phenoxy) is 1. The zero-order chi connectivity index (χ0) is 16.0. The van der Waals surface area contributed by atoms with Gasteiger partial charge in [0.25, 0.3) is 0 Å². The van der Waals surface area contributed by atoms with E-state index in [1.165, 1.54) is 11.8 Å². The summed E-state index contributed by atoms with van der Waals surface area (Å²) < 4.78 is 5.57. The van der Waals surface area contributed by atoms with Crippen LogP contribution in [-0.2, 0) is 14.3 Å². The van der Waals surface area contributed by atoms with E-state index >= 15 is 0 Å². The first-order chi connectivity index (χ1) is 10.3. The molecule has 2 unspecified atom stereocenters. The average molecular weight is 316 g/mol. The molecule has 116 valence electrons. The van der Waals surface area contributed by atoms with Crippen LogP contribution in [-0.4, -0.2) is 17.4 Å². The number of esters is 1. The molecule has 0 spiro atoms. The van der Waals surface area contributed by atoms with E-state index in [1.54, 1.807) is 0 Å². The molecule has 2 aliphatic rings. The van der Waals surface area contributed by atoms with E-state index < -0.39 is 11.0 Å². The maximum absolute atomic E-state index is 12.8. The zero-order valence-corrected chi connectivity index (χ0v) is 13.9. The summed E-state index contributed by atoms with van der Waals surface area (Å²) in [5.41, 5.74) is -1.63. The van der Waals surface area contributed by atoms with Gasteiger partial charge < -0.3 is 4.74 Å². The number of rotatable bonds is 3. The zero-order valence-electron chi connectivity index (χ0n) is 13.1. The summed E-state index contributed by atoms with van der Waals surface area (Å²) in [7, 11) is 0. The number of allylic oxidation sites excluding steroid dienone is 1. The van der Waals surface area contributed by atoms with E-state index in [0.29, 0.717) is 6.42 Å². The molecule has 1 fully saturated rings. The van der Waals surface area contributed by atoms with Crippen LogP contribution in [0.3, 0.4) is 0 Å². The van der Waals surface area contributed by atoms with Crippen LogP contribution in [0, 0.1) is 11.3 Å². The number of carbonyl (C=O) groups excluding carboxylic acids is 2. The average Bonchev–Trinajstić information content (AvgIpc) is 2.66. The standard InChI is InChI=1S/C18H20O3S/c1-17(2,3)21-16(20)18-12(9-10-14(18)19)11-15(18)22-13-7-5-4-6-8-13/h4-8,11-12H,9-10H2,1-3H3. The molecule has 0 heterocycles. The number of fused-ring (bicyclic) bond motifs is 1. The lowest BCUT2D eigenvalue weighted by molar-refractivity contribution is -0.169. The fourth-order valence-corrected chi connectivity index (χ4v) is 4.40. The Balaban J connectivity index is 1.90. The smallest absolute Gasteiger partial charge is 0.325 e. The van der Waals surface area contributed by atoms with Crippen molar-refractivity contribution in [2.45, 2.75) is 44.1 Å². The Kier molecular flexibility index (Phi) is 3.68. The summed E-state index contributed by atoms with van der Waals surface area (Å²) in [6, 6.07) is 9.83. The van der Waals surface area contributed by atoms with Crippen LogP contribution in [0.25, 0.3) is 0 Å². The van der Waals surface area contributed by atoms with Crippen molar-refractivity contribution in [3.8, 4) is 0 Å². The van der Waals surface area contributed by atoms with Crippen LogP contribution >= 0.6 is 11.8 Å². The molecule has 0 bridgehead atoms. The topological polar surface area (TPSA) is 43.4 Å².